The van der Waals surface area contributed by atoms with Crippen LogP contribution in [0.2, 0.25) is 0 Å². The van der Waals surface area contributed by atoms with Crippen molar-refractivity contribution < 1.29 is 18.0 Å². The van der Waals surface area contributed by atoms with Gasteiger partial charge >= 0.3 is 6.18 Å². The van der Waals surface area contributed by atoms with Crippen molar-refractivity contribution in [2.24, 2.45) is 0 Å². The fourth-order valence-corrected chi connectivity index (χ4v) is 4.16. The molecule has 4 N–H and O–H groups in total. The lowest BCUT2D eigenvalue weighted by Crippen LogP contribution is -2.44. The van der Waals surface area contributed by atoms with Gasteiger partial charge in [-0.25, -0.2) is 4.68 Å². The molecule has 0 radical (unpaired) electrons. The van der Waals surface area contributed by atoms with Crippen LogP contribution in [0.3, 0.4) is 0 Å². The Morgan fingerprint density at radius 1 is 1.11 bits per heavy atom. The van der Waals surface area contributed by atoms with Crippen LogP contribution in [0.4, 0.5) is 24.7 Å². The largest absolute Gasteiger partial charge is 0.410 e. The summed E-state index contributed by atoms with van der Waals surface area (Å²) in [6, 6.07) is 13.8. The number of carbonyl (C=O) groups is 1. The van der Waals surface area contributed by atoms with Gasteiger partial charge in [0.15, 0.2) is 16.8 Å². The van der Waals surface area contributed by atoms with Crippen molar-refractivity contribution in [3.8, 4) is 0 Å². The summed E-state index contributed by atoms with van der Waals surface area (Å²) < 4.78 is 42.7. The van der Waals surface area contributed by atoms with Crippen molar-refractivity contribution in [2.45, 2.75) is 51.4 Å². The van der Waals surface area contributed by atoms with Gasteiger partial charge in [-0.15, -0.1) is 0 Å². The molecular weight excluding hydrogens is 489 g/mol. The van der Waals surface area contributed by atoms with E-state index >= 15 is 0 Å². The van der Waals surface area contributed by atoms with Crippen molar-refractivity contribution in [1.29, 1.82) is 0 Å². The number of hydrogen-bond acceptors (Lipinski definition) is 4. The van der Waals surface area contributed by atoms with E-state index in [-0.39, 0.29) is 23.0 Å². The van der Waals surface area contributed by atoms with Gasteiger partial charge < -0.3 is 10.6 Å². The number of hydrogen-bond donors (Lipinski definition) is 4. The summed E-state index contributed by atoms with van der Waals surface area (Å²) in [6.07, 6.45) is -4.78. The quantitative estimate of drug-likeness (QED) is 0.267. The molecule has 0 spiro atoms. The standard InChI is InChI=1S/C25H27F3N6OS/c1-14(2)16-6-8-17(9-7-16)19-12-21(25(26,27)28)34-22(30-19)13-20(33-34)23(35)31-32-24(36)29-18-10-4-15(3)5-11-18/h4-11,13-14,19,21,30H,12H2,1-3H3,(H,31,35)(H2,29,32,36)/t19-,21+/m0/s1. The van der Waals surface area contributed by atoms with Crippen LogP contribution in [-0.2, 0) is 0 Å². The molecule has 1 aromatic heterocycles. The van der Waals surface area contributed by atoms with Gasteiger partial charge in [0.05, 0.1) is 6.04 Å². The first kappa shape index (κ1) is 25.5. The first-order chi connectivity index (χ1) is 17.0. The Balaban J connectivity index is 1.47. The lowest BCUT2D eigenvalue weighted by atomic mass is 9.94. The van der Waals surface area contributed by atoms with Gasteiger partial charge in [-0.05, 0) is 48.3 Å². The topological polar surface area (TPSA) is 83.0 Å². The predicted molar refractivity (Wildman–Crippen MR) is 137 cm³/mol. The number of nitrogens with zero attached hydrogens (tertiary/aromatic N) is 2. The number of rotatable bonds is 4. The summed E-state index contributed by atoms with van der Waals surface area (Å²) in [5, 5.41) is 10.1. The third-order valence-electron chi connectivity index (χ3n) is 6.03. The molecule has 11 heteroatoms. The van der Waals surface area contributed by atoms with Gasteiger partial charge in [-0.2, -0.15) is 18.3 Å². The maximum absolute atomic E-state index is 13.9. The summed E-state index contributed by atoms with van der Waals surface area (Å²) in [7, 11) is 0. The van der Waals surface area contributed by atoms with Crippen LogP contribution in [0.1, 0.15) is 65.4 Å². The highest BCUT2D eigenvalue weighted by molar-refractivity contribution is 7.80. The number of carbonyl (C=O) groups excluding carboxylic acids is 1. The normalized spacial score (nSPS) is 17.2. The molecule has 4 rings (SSSR count). The van der Waals surface area contributed by atoms with Crippen molar-refractivity contribution in [3.05, 3.63) is 77.0 Å². The summed E-state index contributed by atoms with van der Waals surface area (Å²) in [4.78, 5) is 12.6. The van der Waals surface area contributed by atoms with Gasteiger partial charge in [0.1, 0.15) is 5.82 Å². The number of aryl methyl sites for hydroxylation is 1. The highest BCUT2D eigenvalue weighted by Crippen LogP contribution is 2.43. The Kier molecular flexibility index (Phi) is 7.21. The molecular formula is C25H27F3N6OS. The van der Waals surface area contributed by atoms with E-state index in [9.17, 15) is 18.0 Å². The van der Waals surface area contributed by atoms with Crippen LogP contribution in [0.5, 0.6) is 0 Å². The zero-order valence-corrected chi connectivity index (χ0v) is 20.8. The molecule has 36 heavy (non-hydrogen) atoms. The third-order valence-corrected chi connectivity index (χ3v) is 6.23. The fraction of sp³-hybridized carbons (Fsp3) is 0.320. The summed E-state index contributed by atoms with van der Waals surface area (Å²) in [5.41, 5.74) is 8.39. The van der Waals surface area contributed by atoms with E-state index in [0.717, 1.165) is 27.1 Å². The number of thiocarbonyl (C=S) groups is 1. The molecule has 1 aliphatic rings. The lowest BCUT2D eigenvalue weighted by Gasteiger charge is -2.33. The molecule has 7 nitrogen and oxygen atoms in total. The van der Waals surface area contributed by atoms with Crippen molar-refractivity contribution in [1.82, 2.24) is 20.6 Å². The Morgan fingerprint density at radius 2 is 1.78 bits per heavy atom. The van der Waals surface area contributed by atoms with Gasteiger partial charge in [0, 0.05) is 18.2 Å². The average Bonchev–Trinajstić information content (AvgIpc) is 3.27. The Hall–Kier alpha value is -3.60. The smallest absolute Gasteiger partial charge is 0.363 e. The van der Waals surface area contributed by atoms with Crippen molar-refractivity contribution in [2.75, 3.05) is 10.6 Å². The second-order valence-electron chi connectivity index (χ2n) is 9.07. The van der Waals surface area contributed by atoms with E-state index in [1.165, 1.54) is 6.07 Å². The van der Waals surface area contributed by atoms with E-state index in [0.29, 0.717) is 5.92 Å². The summed E-state index contributed by atoms with van der Waals surface area (Å²) in [6.45, 7) is 6.06. The average molecular weight is 517 g/mol. The molecule has 2 aromatic carbocycles. The summed E-state index contributed by atoms with van der Waals surface area (Å²) >= 11 is 5.16. The molecule has 1 amide bonds. The number of halogens is 3. The second kappa shape index (κ2) is 10.2. The molecule has 2 heterocycles. The SMILES string of the molecule is Cc1ccc(NC(=S)NNC(=O)c2cc3n(n2)[C@@H](C(F)(F)F)C[C@@H](c2ccc(C(C)C)cc2)N3)cc1. The highest BCUT2D eigenvalue weighted by Gasteiger charge is 2.46. The number of benzene rings is 2. The minimum absolute atomic E-state index is 0.118. The van der Waals surface area contributed by atoms with Crippen molar-refractivity contribution >= 4 is 34.7 Å². The van der Waals surface area contributed by atoms with E-state index in [1.807, 2.05) is 55.5 Å². The Labute approximate surface area is 212 Å². The van der Waals surface area contributed by atoms with Gasteiger partial charge in [-0.1, -0.05) is 55.8 Å². The maximum atomic E-state index is 13.9. The van der Waals surface area contributed by atoms with Crippen molar-refractivity contribution in [3.63, 3.8) is 0 Å². The molecule has 3 aromatic rings. The number of aromatic nitrogens is 2. The van der Waals surface area contributed by atoms with Crippen LogP contribution in [0.25, 0.3) is 0 Å². The fourth-order valence-electron chi connectivity index (χ4n) is 3.99. The number of anilines is 2. The zero-order valence-electron chi connectivity index (χ0n) is 20.0. The highest BCUT2D eigenvalue weighted by atomic mass is 32.1. The predicted octanol–water partition coefficient (Wildman–Crippen LogP) is 5.61. The minimum Gasteiger partial charge on any atom is -0.363 e. The van der Waals surface area contributed by atoms with E-state index < -0.39 is 24.2 Å². The van der Waals surface area contributed by atoms with Crippen LogP contribution in [-0.4, -0.2) is 27.0 Å². The van der Waals surface area contributed by atoms with Crippen LogP contribution in [0.15, 0.2) is 54.6 Å². The maximum Gasteiger partial charge on any atom is 0.410 e. The van der Waals surface area contributed by atoms with Crippen LogP contribution in [0, 0.1) is 6.92 Å². The minimum atomic E-state index is -4.54. The van der Waals surface area contributed by atoms with Gasteiger partial charge in [0.2, 0.25) is 0 Å². The summed E-state index contributed by atoms with van der Waals surface area (Å²) in [5.74, 6) is -0.282. The Bertz CT molecular complexity index is 1240. The molecule has 0 saturated carbocycles. The molecule has 0 bridgehead atoms. The number of amides is 1. The van der Waals surface area contributed by atoms with E-state index in [4.69, 9.17) is 12.2 Å². The lowest BCUT2D eigenvalue weighted by molar-refractivity contribution is -0.173. The third kappa shape index (κ3) is 5.78. The van der Waals surface area contributed by atoms with Crippen LogP contribution >= 0.6 is 12.2 Å². The van der Waals surface area contributed by atoms with E-state index in [1.54, 1.807) is 0 Å². The first-order valence-corrected chi connectivity index (χ1v) is 11.9. The van der Waals surface area contributed by atoms with E-state index in [2.05, 4.69) is 40.4 Å². The molecule has 0 unspecified atom stereocenters. The number of nitrogens with one attached hydrogen (secondary N) is 4. The Morgan fingerprint density at radius 3 is 2.39 bits per heavy atom. The molecule has 0 saturated heterocycles. The van der Waals surface area contributed by atoms with Crippen LogP contribution < -0.4 is 21.5 Å². The molecule has 0 aliphatic carbocycles. The number of hydrazine groups is 1. The molecule has 1 aliphatic heterocycles. The zero-order chi connectivity index (χ0) is 26.0. The molecule has 2 atom stereocenters. The molecule has 0 fully saturated rings. The first-order valence-electron chi connectivity index (χ1n) is 11.5. The van der Waals surface area contributed by atoms with Gasteiger partial charge in [-0.3, -0.25) is 15.6 Å². The van der Waals surface area contributed by atoms with Gasteiger partial charge in [0.25, 0.3) is 5.91 Å². The number of alkyl halides is 3. The second-order valence-corrected chi connectivity index (χ2v) is 9.48. The molecule has 190 valence electrons. The number of fused-ring (bicyclic) bond motifs is 1. The monoisotopic (exact) mass is 516 g/mol.